The molecule has 1 aliphatic carbocycles. The van der Waals surface area contributed by atoms with E-state index in [1.165, 1.54) is 24.0 Å². The fourth-order valence-electron chi connectivity index (χ4n) is 2.30. The molecule has 2 rings (SSSR count). The van der Waals surface area contributed by atoms with Crippen LogP contribution in [0.4, 0.5) is 0 Å². The van der Waals surface area contributed by atoms with Gasteiger partial charge >= 0.3 is 0 Å². The van der Waals surface area contributed by atoms with Gasteiger partial charge in [-0.05, 0) is 25.3 Å². The lowest BCUT2D eigenvalue weighted by Gasteiger charge is -2.21. The zero-order valence-corrected chi connectivity index (χ0v) is 8.79. The predicted molar refractivity (Wildman–Crippen MR) is 58.3 cm³/mol. The molecular weight excluding hydrogens is 172 g/mol. The summed E-state index contributed by atoms with van der Waals surface area (Å²) in [6.07, 6.45) is 5.14. The van der Waals surface area contributed by atoms with E-state index in [-0.39, 0.29) is 0 Å². The highest BCUT2D eigenvalue weighted by Crippen LogP contribution is 2.32. The highest BCUT2D eigenvalue weighted by atomic mass is 16.3. The van der Waals surface area contributed by atoms with E-state index in [4.69, 9.17) is 0 Å². The Morgan fingerprint density at radius 2 is 1.71 bits per heavy atom. The third kappa shape index (κ3) is 2.16. The molecule has 1 aromatic carbocycles. The number of aryl methyl sites for hydroxylation is 1. The van der Waals surface area contributed by atoms with Crippen LogP contribution in [0.5, 0.6) is 0 Å². The van der Waals surface area contributed by atoms with Crippen molar-refractivity contribution in [2.45, 2.75) is 44.6 Å². The van der Waals surface area contributed by atoms with Crippen LogP contribution in [0.1, 0.15) is 36.8 Å². The van der Waals surface area contributed by atoms with Crippen LogP contribution in [0.25, 0.3) is 0 Å². The largest absolute Gasteiger partial charge is 0.390 e. The van der Waals surface area contributed by atoms with E-state index in [2.05, 4.69) is 31.2 Å². The molecule has 0 aliphatic heterocycles. The molecule has 1 heteroatoms. The van der Waals surface area contributed by atoms with Crippen molar-refractivity contribution in [1.29, 1.82) is 0 Å². The maximum absolute atomic E-state index is 10.2. The third-order valence-electron chi connectivity index (χ3n) is 3.19. The standard InChI is InChI=1S/C13H18O/c1-11-4-6-12(7-5-11)10-13(14)8-2-3-9-13/h4-7,14H,2-3,8-10H2,1H3. The van der Waals surface area contributed by atoms with Gasteiger partial charge in [-0.1, -0.05) is 42.7 Å². The molecule has 76 valence electrons. The van der Waals surface area contributed by atoms with E-state index in [9.17, 15) is 5.11 Å². The molecule has 1 aliphatic rings. The first kappa shape index (κ1) is 9.72. The van der Waals surface area contributed by atoms with Gasteiger partial charge in [-0.2, -0.15) is 0 Å². The molecule has 0 aromatic heterocycles. The Hall–Kier alpha value is -0.820. The first-order valence-corrected chi connectivity index (χ1v) is 5.46. The summed E-state index contributed by atoms with van der Waals surface area (Å²) < 4.78 is 0. The van der Waals surface area contributed by atoms with Crippen molar-refractivity contribution in [2.24, 2.45) is 0 Å². The molecular formula is C13H18O. The molecule has 0 spiro atoms. The molecule has 0 saturated heterocycles. The van der Waals surface area contributed by atoms with E-state index in [0.29, 0.717) is 0 Å². The normalized spacial score (nSPS) is 19.9. The van der Waals surface area contributed by atoms with Gasteiger partial charge in [-0.15, -0.1) is 0 Å². The fourth-order valence-corrected chi connectivity index (χ4v) is 2.30. The second-order valence-corrected chi connectivity index (χ2v) is 4.59. The monoisotopic (exact) mass is 190 g/mol. The number of hydrogen-bond acceptors (Lipinski definition) is 1. The van der Waals surface area contributed by atoms with Gasteiger partial charge in [-0.25, -0.2) is 0 Å². The number of benzene rings is 1. The molecule has 1 N–H and O–H groups in total. The van der Waals surface area contributed by atoms with Gasteiger partial charge in [0.15, 0.2) is 0 Å². The first-order chi connectivity index (χ1) is 6.68. The van der Waals surface area contributed by atoms with Gasteiger partial charge in [0, 0.05) is 6.42 Å². The van der Waals surface area contributed by atoms with Crippen LogP contribution in [0, 0.1) is 6.92 Å². The minimum absolute atomic E-state index is 0.407. The molecule has 1 fully saturated rings. The lowest BCUT2D eigenvalue weighted by Crippen LogP contribution is -2.26. The van der Waals surface area contributed by atoms with Gasteiger partial charge in [0.05, 0.1) is 5.60 Å². The molecule has 1 aromatic rings. The molecule has 14 heavy (non-hydrogen) atoms. The van der Waals surface area contributed by atoms with Crippen molar-refractivity contribution in [2.75, 3.05) is 0 Å². The Balaban J connectivity index is 2.06. The molecule has 0 atom stereocenters. The smallest absolute Gasteiger partial charge is 0.0688 e. The molecule has 0 bridgehead atoms. The molecule has 1 nitrogen and oxygen atoms in total. The minimum Gasteiger partial charge on any atom is -0.390 e. The van der Waals surface area contributed by atoms with Gasteiger partial charge in [-0.3, -0.25) is 0 Å². The Bertz CT molecular complexity index is 294. The molecule has 0 unspecified atom stereocenters. The molecule has 0 amide bonds. The summed E-state index contributed by atoms with van der Waals surface area (Å²) >= 11 is 0. The second kappa shape index (κ2) is 3.74. The van der Waals surface area contributed by atoms with Crippen LogP contribution in [0.15, 0.2) is 24.3 Å². The van der Waals surface area contributed by atoms with Crippen LogP contribution in [-0.2, 0) is 6.42 Å². The molecule has 0 radical (unpaired) electrons. The molecule has 0 heterocycles. The molecule has 1 saturated carbocycles. The summed E-state index contributed by atoms with van der Waals surface area (Å²) in [7, 11) is 0. The summed E-state index contributed by atoms with van der Waals surface area (Å²) in [4.78, 5) is 0. The van der Waals surface area contributed by atoms with E-state index in [1.807, 2.05) is 0 Å². The van der Waals surface area contributed by atoms with E-state index in [1.54, 1.807) is 0 Å². The van der Waals surface area contributed by atoms with Crippen molar-refractivity contribution in [3.8, 4) is 0 Å². The Morgan fingerprint density at radius 3 is 2.29 bits per heavy atom. The maximum atomic E-state index is 10.2. The van der Waals surface area contributed by atoms with Gasteiger partial charge in [0.25, 0.3) is 0 Å². The Labute approximate surface area is 85.8 Å². The minimum atomic E-state index is -0.407. The van der Waals surface area contributed by atoms with E-state index < -0.39 is 5.60 Å². The summed E-state index contributed by atoms with van der Waals surface area (Å²) in [5.74, 6) is 0. The number of rotatable bonds is 2. The number of hydrogen-bond donors (Lipinski definition) is 1. The van der Waals surface area contributed by atoms with Crippen molar-refractivity contribution < 1.29 is 5.11 Å². The average molecular weight is 190 g/mol. The Morgan fingerprint density at radius 1 is 1.14 bits per heavy atom. The highest BCUT2D eigenvalue weighted by Gasteiger charge is 2.30. The van der Waals surface area contributed by atoms with Crippen LogP contribution in [-0.4, -0.2) is 10.7 Å². The van der Waals surface area contributed by atoms with Crippen LogP contribution in [0.2, 0.25) is 0 Å². The fraction of sp³-hybridized carbons (Fsp3) is 0.538. The zero-order valence-electron chi connectivity index (χ0n) is 8.79. The van der Waals surface area contributed by atoms with Gasteiger partial charge < -0.3 is 5.11 Å². The Kier molecular flexibility index (Phi) is 2.60. The lowest BCUT2D eigenvalue weighted by molar-refractivity contribution is 0.0482. The van der Waals surface area contributed by atoms with E-state index in [0.717, 1.165) is 19.3 Å². The summed E-state index contributed by atoms with van der Waals surface area (Å²) in [6.45, 7) is 2.09. The first-order valence-electron chi connectivity index (χ1n) is 5.46. The average Bonchev–Trinajstić information content (AvgIpc) is 2.57. The zero-order chi connectivity index (χ0) is 10.0. The number of aliphatic hydroxyl groups is 1. The van der Waals surface area contributed by atoms with Crippen molar-refractivity contribution in [3.63, 3.8) is 0 Å². The van der Waals surface area contributed by atoms with Crippen LogP contribution >= 0.6 is 0 Å². The maximum Gasteiger partial charge on any atom is 0.0688 e. The van der Waals surface area contributed by atoms with Crippen LogP contribution in [0.3, 0.4) is 0 Å². The van der Waals surface area contributed by atoms with Crippen molar-refractivity contribution >= 4 is 0 Å². The summed E-state index contributed by atoms with van der Waals surface area (Å²) in [5, 5.41) is 10.2. The van der Waals surface area contributed by atoms with Crippen LogP contribution < -0.4 is 0 Å². The summed E-state index contributed by atoms with van der Waals surface area (Å²) in [6, 6.07) is 8.50. The quantitative estimate of drug-likeness (QED) is 0.760. The van der Waals surface area contributed by atoms with Crippen molar-refractivity contribution in [1.82, 2.24) is 0 Å². The lowest BCUT2D eigenvalue weighted by atomic mass is 9.93. The van der Waals surface area contributed by atoms with Gasteiger partial charge in [0.2, 0.25) is 0 Å². The van der Waals surface area contributed by atoms with Crippen molar-refractivity contribution in [3.05, 3.63) is 35.4 Å². The topological polar surface area (TPSA) is 20.2 Å². The SMILES string of the molecule is Cc1ccc(CC2(O)CCCC2)cc1. The van der Waals surface area contributed by atoms with Gasteiger partial charge in [0.1, 0.15) is 0 Å². The second-order valence-electron chi connectivity index (χ2n) is 4.59. The van der Waals surface area contributed by atoms with E-state index >= 15 is 0 Å². The predicted octanol–water partition coefficient (Wildman–Crippen LogP) is 2.84. The summed E-state index contributed by atoms with van der Waals surface area (Å²) in [5.41, 5.74) is 2.14. The third-order valence-corrected chi connectivity index (χ3v) is 3.19. The highest BCUT2D eigenvalue weighted by molar-refractivity contribution is 5.22.